The summed E-state index contributed by atoms with van der Waals surface area (Å²) in [5.41, 5.74) is -9.81. The second-order valence-electron chi connectivity index (χ2n) is 11.1. The van der Waals surface area contributed by atoms with Crippen LogP contribution in [0, 0.1) is 18.6 Å². The number of benzene rings is 4. The van der Waals surface area contributed by atoms with Gasteiger partial charge in [-0.25, -0.2) is 8.78 Å². The summed E-state index contributed by atoms with van der Waals surface area (Å²) in [6.07, 6.45) is -6.80. The molecule has 0 aliphatic carbocycles. The maximum Gasteiger partial charge on any atom is 0.416 e. The molecule has 5 aromatic rings. The largest absolute Gasteiger partial charge is 0.416 e. The van der Waals surface area contributed by atoms with E-state index in [9.17, 15) is 27.8 Å². The number of fused-ring (bicyclic) bond motifs is 1. The van der Waals surface area contributed by atoms with E-state index in [4.69, 9.17) is 30.8 Å². The van der Waals surface area contributed by atoms with E-state index in [1.165, 1.54) is 0 Å². The van der Waals surface area contributed by atoms with Crippen LogP contribution in [0.1, 0.15) is 66.6 Å². The van der Waals surface area contributed by atoms with E-state index in [-0.39, 0.29) is 26.8 Å². The van der Waals surface area contributed by atoms with Gasteiger partial charge in [-0.3, -0.25) is 9.59 Å². The summed E-state index contributed by atoms with van der Waals surface area (Å²) in [5, 5.41) is -2.07. The van der Waals surface area contributed by atoms with Crippen molar-refractivity contribution in [3.63, 3.8) is 0 Å². The Hall–Kier alpha value is -4.52. The van der Waals surface area contributed by atoms with Gasteiger partial charge in [-0.15, -0.1) is 11.8 Å². The minimum atomic E-state index is -5.47. The van der Waals surface area contributed by atoms with Crippen LogP contribution in [-0.4, -0.2) is 59.6 Å². The fraction of sp³-hybridized carbons (Fsp3) is 0.317. The highest BCUT2D eigenvalue weighted by Crippen LogP contribution is 2.32. The fourth-order valence-corrected chi connectivity index (χ4v) is 5.90. The third kappa shape index (κ3) is 9.17. The topological polar surface area (TPSA) is 54.8 Å². The van der Waals surface area contributed by atoms with E-state index in [0.717, 1.165) is 18.9 Å². The first-order valence-electron chi connectivity index (χ1n) is 26.9. The van der Waals surface area contributed by atoms with Crippen molar-refractivity contribution in [3.8, 4) is 11.1 Å². The van der Waals surface area contributed by atoms with Gasteiger partial charge in [0.25, 0.3) is 0 Å². The molecule has 278 valence electrons. The third-order valence-electron chi connectivity index (χ3n) is 7.57. The number of carbonyl (C=O) groups excluding carboxylic acids is 1. The first-order valence-corrected chi connectivity index (χ1v) is 16.3. The van der Waals surface area contributed by atoms with Gasteiger partial charge in [0.2, 0.25) is 5.91 Å². The van der Waals surface area contributed by atoms with E-state index in [2.05, 4.69) is 0 Å². The molecule has 0 atom stereocenters. The average molecular weight is 773 g/mol. The first-order chi connectivity index (χ1) is 34.7. The fourth-order valence-electron chi connectivity index (χ4n) is 4.99. The Kier molecular flexibility index (Phi) is 5.87. The number of thioether (sulfide) groups is 1. The van der Waals surface area contributed by atoms with E-state index >= 15 is 9.18 Å². The lowest BCUT2D eigenvalue weighted by Gasteiger charge is -2.39. The van der Waals surface area contributed by atoms with Crippen molar-refractivity contribution in [2.24, 2.45) is 0 Å². The Morgan fingerprint density at radius 3 is 2.32 bits per heavy atom. The summed E-state index contributed by atoms with van der Waals surface area (Å²) in [6, 6.07) is -21.8. The van der Waals surface area contributed by atoms with Gasteiger partial charge >= 0.3 is 6.18 Å². The lowest BCUT2D eigenvalue weighted by atomic mass is 10.00. The molecule has 53 heavy (non-hydrogen) atoms. The first kappa shape index (κ1) is 18.7. The van der Waals surface area contributed by atoms with Crippen LogP contribution in [0.25, 0.3) is 22.0 Å². The number of piperidine rings is 1. The van der Waals surface area contributed by atoms with Gasteiger partial charge in [-0.1, -0.05) is 59.9 Å². The maximum absolute atomic E-state index is 15.6. The molecule has 0 radical (unpaired) electrons. The summed E-state index contributed by atoms with van der Waals surface area (Å²) in [7, 11) is 0.850. The summed E-state index contributed by atoms with van der Waals surface area (Å²) in [5.74, 6) is -7.05. The molecule has 2 heterocycles. The summed E-state index contributed by atoms with van der Waals surface area (Å²) >= 11 is 0.0185. The van der Waals surface area contributed by atoms with Crippen molar-refractivity contribution in [2.45, 2.75) is 55.8 Å². The zero-order valence-corrected chi connectivity index (χ0v) is 28.3. The van der Waals surface area contributed by atoms with E-state index in [0.29, 0.717) is 0 Å². The quantitative estimate of drug-likeness (QED) is 0.0939. The standard InChI is InChI=1S/C41H40F5N3O3S/c1-27-6-15-36-34(22-27)37(50)23-39(53-26-31-4-3-5-35(42)40(31)43)49(36)25-38(51)48(33-16-18-47(19-17-33)20-21-52-2)24-28-7-9-29(10-8-28)30-11-13-32(14-12-30)41(44,45)46/h3-15,22-23,33H,16-21,24-26H2,1-2H3/i3D,4D,5D,6D,7D,8D,9D,10D,11D,12D,13D,14D,15D,20D2,21D2,22D,23D,24D2,25D2. The van der Waals surface area contributed by atoms with Crippen LogP contribution >= 0.6 is 11.8 Å². The van der Waals surface area contributed by atoms with Gasteiger partial charge in [0.1, 0.15) is 6.50 Å². The monoisotopic (exact) mass is 772 g/mol. The molecule has 0 N–H and O–H groups in total. The molecule has 12 heteroatoms. The number of carbonyl (C=O) groups is 1. The van der Waals surface area contributed by atoms with Gasteiger partial charge in [0.05, 0.1) is 51.5 Å². The predicted molar refractivity (Wildman–Crippen MR) is 198 cm³/mol. The number of ether oxygens (including phenoxy) is 1. The average Bonchev–Trinajstić information content (AvgIpc) is 3.34. The number of rotatable bonds is 12. The lowest BCUT2D eigenvalue weighted by Crippen LogP contribution is -2.48. The summed E-state index contributed by atoms with van der Waals surface area (Å²) < 4.78 is 276. The highest BCUT2D eigenvalue weighted by atomic mass is 32.2. The number of pyridine rings is 1. The number of hydrogen-bond donors (Lipinski definition) is 0. The maximum atomic E-state index is 15.6. The normalized spacial score (nSPS) is 21.5. The van der Waals surface area contributed by atoms with Crippen molar-refractivity contribution in [1.82, 2.24) is 14.4 Å². The Balaban J connectivity index is 1.68. The lowest BCUT2D eigenvalue weighted by molar-refractivity contribution is -0.137. The van der Waals surface area contributed by atoms with Gasteiger partial charge < -0.3 is 19.1 Å². The van der Waals surface area contributed by atoms with Crippen molar-refractivity contribution in [1.29, 1.82) is 0 Å². The van der Waals surface area contributed by atoms with E-state index < -0.39 is 227 Å². The minimum absolute atomic E-state index is 0.0158. The van der Waals surface area contributed by atoms with Gasteiger partial charge in [0.15, 0.2) is 17.1 Å². The number of amides is 1. The minimum Gasteiger partial charge on any atom is -0.383 e. The molecule has 1 aliphatic heterocycles. The molecule has 0 unspecified atom stereocenters. The smallest absolute Gasteiger partial charge is 0.383 e. The number of alkyl halides is 3. The van der Waals surface area contributed by atoms with Crippen molar-refractivity contribution in [3.05, 3.63) is 135 Å². The molecule has 0 bridgehead atoms. The zero-order valence-electron chi connectivity index (χ0n) is 50.5. The van der Waals surface area contributed by atoms with Crippen LogP contribution in [0.15, 0.2) is 100 Å². The van der Waals surface area contributed by atoms with Crippen molar-refractivity contribution >= 4 is 28.6 Å². The molecule has 1 aliphatic rings. The van der Waals surface area contributed by atoms with Gasteiger partial charge in [-0.05, 0) is 66.7 Å². The molecule has 0 saturated carbocycles. The second-order valence-corrected chi connectivity index (χ2v) is 12.1. The predicted octanol–water partition coefficient (Wildman–Crippen LogP) is 8.71. The van der Waals surface area contributed by atoms with Gasteiger partial charge in [0, 0.05) is 64.7 Å². The Bertz CT molecular complexity index is 3250. The Labute approximate surface area is 341 Å². The summed E-state index contributed by atoms with van der Waals surface area (Å²) in [6.45, 7) is -14.2. The van der Waals surface area contributed by atoms with E-state index in [1.54, 1.807) is 0 Å². The number of likely N-dealkylation sites (tertiary alicyclic amines) is 1. The second kappa shape index (κ2) is 16.7. The molecule has 1 fully saturated rings. The van der Waals surface area contributed by atoms with Crippen molar-refractivity contribution in [2.75, 3.05) is 33.3 Å². The number of hydrogen-bond acceptors (Lipinski definition) is 5. The van der Waals surface area contributed by atoms with Crippen LogP contribution in [0.3, 0.4) is 0 Å². The number of methoxy groups -OCH3 is 1. The molecule has 4 aromatic carbocycles. The zero-order chi connectivity index (χ0) is 57.9. The van der Waals surface area contributed by atoms with Crippen LogP contribution < -0.4 is 5.43 Å². The van der Waals surface area contributed by atoms with Crippen LogP contribution in [-0.2, 0) is 34.5 Å². The van der Waals surface area contributed by atoms with Crippen LogP contribution in [0.2, 0.25) is 0 Å². The molecule has 0 spiro atoms. The summed E-state index contributed by atoms with van der Waals surface area (Å²) in [4.78, 5) is 30.5. The number of aromatic nitrogens is 1. The highest BCUT2D eigenvalue weighted by Gasteiger charge is 2.31. The third-order valence-corrected chi connectivity index (χ3v) is 8.56. The van der Waals surface area contributed by atoms with Crippen LogP contribution in [0.4, 0.5) is 22.0 Å². The SMILES string of the molecule is [2H]c1c([2H])c(F)c(F)c(CSc2c([2H])c(=O)c3c([2H])c(C)c([2H])c([2H])c3n2C([2H])([2H])C(=O)N(C2CCN(C([2H])([2H])C([2H])([2H])OC)CC2)C([2H])([2H])c2c([2H])c([2H])c(-c3c([2H])c([2H])c(C(F)(F)F)c([2H])c3[2H])c([2H])c2[2H])c1[2H]. The van der Waals surface area contributed by atoms with Gasteiger partial charge in [-0.2, -0.15) is 13.2 Å². The molecular formula is C41H40F5N3O3S. The van der Waals surface area contributed by atoms with E-state index in [1.807, 2.05) is 0 Å². The molecule has 1 amide bonds. The highest BCUT2D eigenvalue weighted by molar-refractivity contribution is 7.98. The number of halogens is 5. The molecule has 6 rings (SSSR count). The molecule has 1 saturated heterocycles. The number of nitrogens with zero attached hydrogens (tertiary/aromatic N) is 3. The van der Waals surface area contributed by atoms with Crippen molar-refractivity contribution < 1.29 is 63.0 Å². The Morgan fingerprint density at radius 1 is 0.981 bits per heavy atom. The van der Waals surface area contributed by atoms with Crippen LogP contribution in [0.5, 0.6) is 0 Å². The molecular weight excluding hydrogens is 710 g/mol. The molecule has 1 aromatic heterocycles. The Morgan fingerprint density at radius 2 is 1.66 bits per heavy atom. The molecule has 6 nitrogen and oxygen atoms in total.